The van der Waals surface area contributed by atoms with E-state index >= 15 is 0 Å². The fourth-order valence-electron chi connectivity index (χ4n) is 1.72. The van der Waals surface area contributed by atoms with Crippen LogP contribution in [0.4, 0.5) is 5.82 Å². The minimum Gasteiger partial charge on any atom is -0.366 e. The summed E-state index contributed by atoms with van der Waals surface area (Å²) in [7, 11) is 0. The van der Waals surface area contributed by atoms with Gasteiger partial charge in [-0.25, -0.2) is 0 Å². The summed E-state index contributed by atoms with van der Waals surface area (Å²) in [5.41, 5.74) is 3.19. The molecule has 1 heterocycles. The molecule has 0 amide bonds. The summed E-state index contributed by atoms with van der Waals surface area (Å²) in [6, 6.07) is 10.5. The van der Waals surface area contributed by atoms with Crippen LogP contribution in [-0.2, 0) is 0 Å². The molecule has 0 unspecified atom stereocenters. The monoisotopic (exact) mass is 305 g/mol. The van der Waals surface area contributed by atoms with Gasteiger partial charge in [-0.15, -0.1) is 10.2 Å². The number of anilines is 1. The Labute approximate surface area is 116 Å². The molecule has 0 saturated heterocycles. The maximum atomic E-state index is 4.27. The number of aromatic nitrogens is 2. The number of rotatable bonds is 3. The number of halogens is 1. The Morgan fingerprint density at radius 3 is 2.50 bits per heavy atom. The predicted molar refractivity (Wildman–Crippen MR) is 78.7 cm³/mol. The van der Waals surface area contributed by atoms with E-state index in [0.29, 0.717) is 6.04 Å². The molecule has 94 valence electrons. The second kappa shape index (κ2) is 5.48. The Morgan fingerprint density at radius 1 is 1.11 bits per heavy atom. The summed E-state index contributed by atoms with van der Waals surface area (Å²) >= 11 is 3.48. The summed E-state index contributed by atoms with van der Waals surface area (Å²) in [4.78, 5) is 0. The summed E-state index contributed by atoms with van der Waals surface area (Å²) < 4.78 is 1.05. The van der Waals surface area contributed by atoms with Gasteiger partial charge in [0.05, 0.1) is 5.69 Å². The fraction of sp³-hybridized carbons (Fsp3) is 0.286. The number of benzene rings is 1. The lowest BCUT2D eigenvalue weighted by molar-refractivity contribution is 0.874. The van der Waals surface area contributed by atoms with Gasteiger partial charge in [-0.3, -0.25) is 0 Å². The van der Waals surface area contributed by atoms with Crippen LogP contribution in [0.3, 0.4) is 0 Å². The number of aryl methyl sites for hydroxylation is 1. The first-order valence-corrected chi connectivity index (χ1v) is 6.72. The first kappa shape index (κ1) is 13.0. The van der Waals surface area contributed by atoms with Crippen molar-refractivity contribution in [2.45, 2.75) is 26.8 Å². The number of nitrogens with one attached hydrogen (secondary N) is 1. The molecule has 0 aliphatic carbocycles. The largest absolute Gasteiger partial charge is 0.366 e. The van der Waals surface area contributed by atoms with Crippen molar-refractivity contribution in [3.05, 3.63) is 40.4 Å². The van der Waals surface area contributed by atoms with Gasteiger partial charge >= 0.3 is 0 Å². The first-order valence-electron chi connectivity index (χ1n) is 5.93. The van der Waals surface area contributed by atoms with E-state index in [1.165, 1.54) is 5.56 Å². The second-order valence-electron chi connectivity index (χ2n) is 4.56. The van der Waals surface area contributed by atoms with Crippen LogP contribution in [-0.4, -0.2) is 16.2 Å². The van der Waals surface area contributed by atoms with Crippen LogP contribution in [0.5, 0.6) is 0 Å². The third kappa shape index (κ3) is 3.07. The van der Waals surface area contributed by atoms with Crippen molar-refractivity contribution in [1.82, 2.24) is 10.2 Å². The molecule has 1 N–H and O–H groups in total. The standard InChI is InChI=1S/C14H16BrN3/c1-9(2)16-14-7-6-13(17-18-14)12-8-11(15)5-4-10(12)3/h4-9H,1-3H3,(H,16,18). The molecule has 0 atom stereocenters. The molecular weight excluding hydrogens is 290 g/mol. The van der Waals surface area contributed by atoms with Crippen molar-refractivity contribution in [3.63, 3.8) is 0 Å². The topological polar surface area (TPSA) is 37.8 Å². The Bertz CT molecular complexity index is 535. The quantitative estimate of drug-likeness (QED) is 0.930. The second-order valence-corrected chi connectivity index (χ2v) is 5.48. The van der Waals surface area contributed by atoms with Gasteiger partial charge in [-0.05, 0) is 50.6 Å². The van der Waals surface area contributed by atoms with E-state index in [2.05, 4.69) is 64.3 Å². The van der Waals surface area contributed by atoms with E-state index < -0.39 is 0 Å². The average Bonchev–Trinajstić information content (AvgIpc) is 2.33. The normalized spacial score (nSPS) is 10.7. The van der Waals surface area contributed by atoms with E-state index in [1.54, 1.807) is 0 Å². The lowest BCUT2D eigenvalue weighted by Gasteiger charge is -2.09. The van der Waals surface area contributed by atoms with Crippen molar-refractivity contribution in [2.24, 2.45) is 0 Å². The molecule has 0 aliphatic rings. The Hall–Kier alpha value is -1.42. The van der Waals surface area contributed by atoms with E-state index in [0.717, 1.165) is 21.5 Å². The highest BCUT2D eigenvalue weighted by Gasteiger charge is 2.05. The molecule has 0 spiro atoms. The summed E-state index contributed by atoms with van der Waals surface area (Å²) in [6.07, 6.45) is 0. The van der Waals surface area contributed by atoms with E-state index in [4.69, 9.17) is 0 Å². The first-order chi connectivity index (χ1) is 8.56. The maximum Gasteiger partial charge on any atom is 0.148 e. The molecule has 2 rings (SSSR count). The van der Waals surface area contributed by atoms with Crippen molar-refractivity contribution in [1.29, 1.82) is 0 Å². The average molecular weight is 306 g/mol. The third-order valence-electron chi connectivity index (χ3n) is 2.58. The van der Waals surface area contributed by atoms with Crippen LogP contribution in [0.25, 0.3) is 11.3 Å². The lowest BCUT2D eigenvalue weighted by atomic mass is 10.1. The molecule has 0 fully saturated rings. The van der Waals surface area contributed by atoms with Gasteiger partial charge in [-0.2, -0.15) is 0 Å². The lowest BCUT2D eigenvalue weighted by Crippen LogP contribution is -2.11. The fourth-order valence-corrected chi connectivity index (χ4v) is 2.08. The molecular formula is C14H16BrN3. The van der Waals surface area contributed by atoms with Gasteiger partial charge in [0.25, 0.3) is 0 Å². The summed E-state index contributed by atoms with van der Waals surface area (Å²) in [5, 5.41) is 11.7. The Morgan fingerprint density at radius 2 is 1.89 bits per heavy atom. The highest BCUT2D eigenvalue weighted by Crippen LogP contribution is 2.25. The molecule has 0 saturated carbocycles. The number of hydrogen-bond acceptors (Lipinski definition) is 3. The Balaban J connectivity index is 2.31. The van der Waals surface area contributed by atoms with Gasteiger partial charge in [0.15, 0.2) is 0 Å². The number of hydrogen-bond donors (Lipinski definition) is 1. The molecule has 18 heavy (non-hydrogen) atoms. The molecule has 0 bridgehead atoms. The molecule has 1 aromatic carbocycles. The number of nitrogens with zero attached hydrogens (tertiary/aromatic N) is 2. The highest BCUT2D eigenvalue weighted by atomic mass is 79.9. The zero-order valence-corrected chi connectivity index (χ0v) is 12.3. The predicted octanol–water partition coefficient (Wildman–Crippen LogP) is 4.03. The van der Waals surface area contributed by atoms with E-state index in [9.17, 15) is 0 Å². The van der Waals surface area contributed by atoms with E-state index in [1.807, 2.05) is 18.2 Å². The zero-order valence-electron chi connectivity index (χ0n) is 10.7. The van der Waals surface area contributed by atoms with Crippen LogP contribution in [0, 0.1) is 6.92 Å². The van der Waals surface area contributed by atoms with Crippen molar-refractivity contribution in [3.8, 4) is 11.3 Å². The van der Waals surface area contributed by atoms with Crippen LogP contribution in [0.2, 0.25) is 0 Å². The SMILES string of the molecule is Cc1ccc(Br)cc1-c1ccc(NC(C)C)nn1. The third-order valence-corrected chi connectivity index (χ3v) is 3.07. The molecule has 1 aromatic heterocycles. The van der Waals surface area contributed by atoms with Gasteiger partial charge < -0.3 is 5.32 Å². The van der Waals surface area contributed by atoms with Crippen LogP contribution >= 0.6 is 15.9 Å². The van der Waals surface area contributed by atoms with Crippen LogP contribution in [0.15, 0.2) is 34.8 Å². The molecule has 4 heteroatoms. The van der Waals surface area contributed by atoms with E-state index in [-0.39, 0.29) is 0 Å². The molecule has 0 radical (unpaired) electrons. The maximum absolute atomic E-state index is 4.27. The van der Waals surface area contributed by atoms with Gasteiger partial charge in [0, 0.05) is 16.1 Å². The summed E-state index contributed by atoms with van der Waals surface area (Å²) in [6.45, 7) is 6.23. The minimum absolute atomic E-state index is 0.359. The molecule has 3 nitrogen and oxygen atoms in total. The molecule has 2 aromatic rings. The summed E-state index contributed by atoms with van der Waals surface area (Å²) in [5.74, 6) is 0.807. The van der Waals surface area contributed by atoms with Crippen molar-refractivity contribution in [2.75, 3.05) is 5.32 Å². The minimum atomic E-state index is 0.359. The molecule has 0 aliphatic heterocycles. The Kier molecular flexibility index (Phi) is 3.97. The highest BCUT2D eigenvalue weighted by molar-refractivity contribution is 9.10. The van der Waals surface area contributed by atoms with Gasteiger partial charge in [0.2, 0.25) is 0 Å². The van der Waals surface area contributed by atoms with Crippen LogP contribution < -0.4 is 5.32 Å². The zero-order chi connectivity index (χ0) is 13.1. The van der Waals surface area contributed by atoms with Gasteiger partial charge in [0.1, 0.15) is 5.82 Å². The van der Waals surface area contributed by atoms with Crippen LogP contribution in [0.1, 0.15) is 19.4 Å². The van der Waals surface area contributed by atoms with Crippen molar-refractivity contribution >= 4 is 21.7 Å². The van der Waals surface area contributed by atoms with Crippen molar-refractivity contribution < 1.29 is 0 Å². The van der Waals surface area contributed by atoms with Gasteiger partial charge in [-0.1, -0.05) is 22.0 Å². The smallest absolute Gasteiger partial charge is 0.148 e.